The molecule has 1 fully saturated rings. The molecule has 0 aromatic heterocycles. The second-order valence-corrected chi connectivity index (χ2v) is 8.35. The van der Waals surface area contributed by atoms with Gasteiger partial charge in [0, 0.05) is 25.0 Å². The highest BCUT2D eigenvalue weighted by Gasteiger charge is 2.35. The quantitative estimate of drug-likeness (QED) is 0.568. The van der Waals surface area contributed by atoms with Crippen molar-refractivity contribution < 1.29 is 29.0 Å². The molecule has 3 N–H and O–H groups in total. The van der Waals surface area contributed by atoms with Crippen LogP contribution in [0, 0.1) is 5.92 Å². The van der Waals surface area contributed by atoms with Crippen LogP contribution in [0.3, 0.4) is 0 Å². The van der Waals surface area contributed by atoms with E-state index in [4.69, 9.17) is 9.47 Å². The third-order valence-electron chi connectivity index (χ3n) is 6.36. The van der Waals surface area contributed by atoms with Crippen LogP contribution in [0.1, 0.15) is 36.8 Å². The molecule has 2 aromatic rings. The summed E-state index contributed by atoms with van der Waals surface area (Å²) in [5.41, 5.74) is 4.51. The third kappa shape index (κ3) is 4.85. The number of hydrogen-bond acceptors (Lipinski definition) is 5. The van der Waals surface area contributed by atoms with E-state index >= 15 is 0 Å². The third-order valence-corrected chi connectivity index (χ3v) is 6.36. The molecular weight excluding hydrogens is 424 g/mol. The smallest absolute Gasteiger partial charge is 0.407 e. The molecule has 1 heterocycles. The van der Waals surface area contributed by atoms with Crippen molar-refractivity contribution in [1.82, 2.24) is 10.6 Å². The molecule has 2 aromatic carbocycles. The fourth-order valence-electron chi connectivity index (χ4n) is 4.61. The van der Waals surface area contributed by atoms with E-state index in [0.717, 1.165) is 22.3 Å². The van der Waals surface area contributed by atoms with E-state index in [1.54, 1.807) is 6.92 Å². The first kappa shape index (κ1) is 22.8. The molecule has 0 spiro atoms. The van der Waals surface area contributed by atoms with E-state index in [9.17, 15) is 19.5 Å². The van der Waals surface area contributed by atoms with E-state index in [2.05, 4.69) is 22.8 Å². The van der Waals surface area contributed by atoms with Gasteiger partial charge in [-0.15, -0.1) is 0 Å². The summed E-state index contributed by atoms with van der Waals surface area (Å²) in [6.45, 7) is 2.48. The zero-order valence-electron chi connectivity index (χ0n) is 18.5. The minimum Gasteiger partial charge on any atom is -0.479 e. The number of amides is 2. The molecule has 4 rings (SSSR count). The Morgan fingerprint density at radius 1 is 1.09 bits per heavy atom. The van der Waals surface area contributed by atoms with Crippen molar-refractivity contribution in [1.29, 1.82) is 0 Å². The lowest BCUT2D eigenvalue weighted by Gasteiger charge is -2.20. The highest BCUT2D eigenvalue weighted by Crippen LogP contribution is 2.44. The van der Waals surface area contributed by atoms with Crippen LogP contribution in [0.4, 0.5) is 4.79 Å². The Kier molecular flexibility index (Phi) is 6.93. The maximum atomic E-state index is 12.6. The number of ether oxygens (including phenoxy) is 2. The van der Waals surface area contributed by atoms with Crippen LogP contribution in [-0.2, 0) is 19.1 Å². The van der Waals surface area contributed by atoms with Gasteiger partial charge in [0.15, 0.2) is 6.10 Å². The summed E-state index contributed by atoms with van der Waals surface area (Å²) in [7, 11) is 0. The van der Waals surface area contributed by atoms with Gasteiger partial charge in [-0.3, -0.25) is 4.79 Å². The lowest BCUT2D eigenvalue weighted by molar-refractivity contribution is -0.149. The molecule has 8 nitrogen and oxygen atoms in total. The normalized spacial score (nSPS) is 19.9. The Balaban J connectivity index is 1.32. The van der Waals surface area contributed by atoms with Crippen molar-refractivity contribution in [2.75, 3.05) is 19.8 Å². The molecule has 0 radical (unpaired) electrons. The summed E-state index contributed by atoms with van der Waals surface area (Å²) in [6, 6.07) is 15.4. The number of fused-ring (bicyclic) bond motifs is 3. The molecule has 1 saturated heterocycles. The molecule has 0 saturated carbocycles. The first-order chi connectivity index (χ1) is 16.0. The van der Waals surface area contributed by atoms with Crippen molar-refractivity contribution in [3.63, 3.8) is 0 Å². The number of carbonyl (C=O) groups excluding carboxylic acids is 2. The van der Waals surface area contributed by atoms with Gasteiger partial charge in [-0.1, -0.05) is 55.5 Å². The molecule has 2 aliphatic rings. The van der Waals surface area contributed by atoms with Gasteiger partial charge in [-0.2, -0.15) is 0 Å². The van der Waals surface area contributed by atoms with Gasteiger partial charge in [-0.05, 0) is 35.1 Å². The van der Waals surface area contributed by atoms with Crippen LogP contribution in [0.25, 0.3) is 11.1 Å². The van der Waals surface area contributed by atoms with E-state index in [0.29, 0.717) is 19.4 Å². The predicted octanol–water partition coefficient (Wildman–Crippen LogP) is 2.91. The number of nitrogens with one attached hydrogen (secondary N) is 2. The lowest BCUT2D eigenvalue weighted by atomic mass is 9.98. The Hall–Kier alpha value is -3.39. The molecule has 1 aliphatic carbocycles. The molecule has 8 heteroatoms. The van der Waals surface area contributed by atoms with Gasteiger partial charge in [0.25, 0.3) is 0 Å². The summed E-state index contributed by atoms with van der Waals surface area (Å²) in [5.74, 6) is -1.76. The largest absolute Gasteiger partial charge is 0.479 e. The predicted molar refractivity (Wildman–Crippen MR) is 121 cm³/mol. The average Bonchev–Trinajstić information content (AvgIpc) is 3.42. The highest BCUT2D eigenvalue weighted by molar-refractivity contribution is 5.85. The first-order valence-corrected chi connectivity index (χ1v) is 11.2. The number of aliphatic carboxylic acids is 1. The van der Waals surface area contributed by atoms with Crippen molar-refractivity contribution in [3.8, 4) is 11.1 Å². The standard InChI is InChI=1S/C25H28N2O6/c1-2-21(23(28)26-13-15-11-12-32-22(15)24(29)30)27-25(31)33-14-20-18-9-5-3-7-16(18)17-8-4-6-10-19(17)20/h3-10,15,20-22H,2,11-14H2,1H3,(H,26,28)(H,27,31)(H,29,30). The fraction of sp³-hybridized carbons (Fsp3) is 0.400. The number of rotatable bonds is 8. The molecule has 33 heavy (non-hydrogen) atoms. The lowest BCUT2D eigenvalue weighted by Crippen LogP contribution is -2.48. The van der Waals surface area contributed by atoms with Gasteiger partial charge >= 0.3 is 12.1 Å². The van der Waals surface area contributed by atoms with Crippen LogP contribution >= 0.6 is 0 Å². The first-order valence-electron chi connectivity index (χ1n) is 11.2. The molecule has 3 unspecified atom stereocenters. The second-order valence-electron chi connectivity index (χ2n) is 8.35. The topological polar surface area (TPSA) is 114 Å². The molecule has 174 valence electrons. The van der Waals surface area contributed by atoms with Crippen LogP contribution in [0.15, 0.2) is 48.5 Å². The molecule has 2 amide bonds. The van der Waals surface area contributed by atoms with Gasteiger partial charge in [-0.25, -0.2) is 9.59 Å². The van der Waals surface area contributed by atoms with Crippen LogP contribution in [-0.4, -0.2) is 55.0 Å². The summed E-state index contributed by atoms with van der Waals surface area (Å²) in [6.07, 6.45) is -0.639. The van der Waals surface area contributed by atoms with Gasteiger partial charge in [0.2, 0.25) is 5.91 Å². The second kappa shape index (κ2) is 10.0. The molecular formula is C25H28N2O6. The minimum absolute atomic E-state index is 0.0626. The van der Waals surface area contributed by atoms with Gasteiger partial charge in [0.05, 0.1) is 0 Å². The Bertz CT molecular complexity index is 994. The van der Waals surface area contributed by atoms with Crippen molar-refractivity contribution in [2.45, 2.75) is 37.8 Å². The monoisotopic (exact) mass is 452 g/mol. The van der Waals surface area contributed by atoms with Crippen molar-refractivity contribution in [3.05, 3.63) is 59.7 Å². The van der Waals surface area contributed by atoms with E-state index in [1.165, 1.54) is 0 Å². The zero-order chi connectivity index (χ0) is 23.4. The van der Waals surface area contributed by atoms with Gasteiger partial charge in [0.1, 0.15) is 12.6 Å². The summed E-state index contributed by atoms with van der Waals surface area (Å²) < 4.78 is 10.7. The van der Waals surface area contributed by atoms with E-state index < -0.39 is 24.2 Å². The molecule has 1 aliphatic heterocycles. The summed E-state index contributed by atoms with van der Waals surface area (Å²) in [4.78, 5) is 36.3. The van der Waals surface area contributed by atoms with Crippen LogP contribution in [0.2, 0.25) is 0 Å². The van der Waals surface area contributed by atoms with E-state index in [-0.39, 0.29) is 30.9 Å². The summed E-state index contributed by atoms with van der Waals surface area (Å²) in [5, 5.41) is 14.5. The number of alkyl carbamates (subject to hydrolysis) is 1. The minimum atomic E-state index is -1.03. The number of carboxylic acid groups (broad SMARTS) is 1. The van der Waals surface area contributed by atoms with Gasteiger partial charge < -0.3 is 25.2 Å². The molecule has 3 atom stereocenters. The Morgan fingerprint density at radius 3 is 2.33 bits per heavy atom. The van der Waals surface area contributed by atoms with Crippen LogP contribution in [0.5, 0.6) is 0 Å². The number of carbonyl (C=O) groups is 3. The SMILES string of the molecule is CCC(NC(=O)OCC1c2ccccc2-c2ccccc21)C(=O)NCC1CCOC1C(=O)O. The molecule has 0 bridgehead atoms. The number of carboxylic acids is 1. The van der Waals surface area contributed by atoms with Crippen molar-refractivity contribution >= 4 is 18.0 Å². The summed E-state index contributed by atoms with van der Waals surface area (Å²) >= 11 is 0. The van der Waals surface area contributed by atoms with Crippen LogP contribution < -0.4 is 10.6 Å². The zero-order valence-corrected chi connectivity index (χ0v) is 18.5. The Labute approximate surface area is 192 Å². The maximum absolute atomic E-state index is 12.6. The number of hydrogen-bond donors (Lipinski definition) is 3. The number of benzene rings is 2. The van der Waals surface area contributed by atoms with E-state index in [1.807, 2.05) is 36.4 Å². The average molecular weight is 453 g/mol. The van der Waals surface area contributed by atoms with Crippen molar-refractivity contribution in [2.24, 2.45) is 5.92 Å². The highest BCUT2D eigenvalue weighted by atomic mass is 16.5. The fourth-order valence-corrected chi connectivity index (χ4v) is 4.61. The Morgan fingerprint density at radius 2 is 1.73 bits per heavy atom. The maximum Gasteiger partial charge on any atom is 0.407 e.